The van der Waals surface area contributed by atoms with Gasteiger partial charge < -0.3 is 10.2 Å². The van der Waals surface area contributed by atoms with E-state index < -0.39 is 0 Å². The summed E-state index contributed by atoms with van der Waals surface area (Å²) in [5.41, 5.74) is 0.0280. The van der Waals surface area contributed by atoms with Crippen molar-refractivity contribution in [2.45, 2.75) is 44.6 Å². The van der Waals surface area contributed by atoms with Crippen molar-refractivity contribution in [1.29, 1.82) is 0 Å². The van der Waals surface area contributed by atoms with Crippen molar-refractivity contribution in [1.82, 2.24) is 14.6 Å². The van der Waals surface area contributed by atoms with E-state index in [1.807, 2.05) is 0 Å². The predicted molar refractivity (Wildman–Crippen MR) is 112 cm³/mol. The molecule has 1 aliphatic carbocycles. The van der Waals surface area contributed by atoms with Crippen LogP contribution in [0, 0.1) is 5.92 Å². The lowest BCUT2D eigenvalue weighted by atomic mass is 9.76. The van der Waals surface area contributed by atoms with Gasteiger partial charge in [0.2, 0.25) is 6.41 Å². The maximum absolute atomic E-state index is 10.8. The van der Waals surface area contributed by atoms with Crippen LogP contribution in [0.4, 0.5) is 5.82 Å². The lowest BCUT2D eigenvalue weighted by molar-refractivity contribution is -0.111. The zero-order valence-electron chi connectivity index (χ0n) is 16.2. The molecule has 1 aromatic heterocycles. The number of rotatable bonds is 6. The molecule has 1 saturated carbocycles. The van der Waals surface area contributed by atoms with E-state index >= 15 is 0 Å². The molecule has 4 rings (SSSR count). The molecule has 2 aliphatic rings. The van der Waals surface area contributed by atoms with Gasteiger partial charge >= 0.3 is 0 Å². The molecular weight excluding hydrogens is 356 g/mol. The number of carbonyl (C=O) groups excluding carboxylic acids is 1. The summed E-state index contributed by atoms with van der Waals surface area (Å²) in [5, 5.41) is 4.31. The number of aromatic nitrogens is 1. The van der Waals surface area contributed by atoms with E-state index in [0.717, 1.165) is 51.3 Å². The molecule has 146 valence electrons. The van der Waals surface area contributed by atoms with Gasteiger partial charge in [0.05, 0.1) is 4.70 Å². The minimum atomic E-state index is 0.0280. The topological polar surface area (TPSA) is 48.5 Å². The lowest BCUT2D eigenvalue weighted by Gasteiger charge is -2.39. The number of amides is 1. The molecule has 0 spiro atoms. The molecule has 0 unspecified atom stereocenters. The van der Waals surface area contributed by atoms with Crippen molar-refractivity contribution in [2.24, 2.45) is 5.92 Å². The Morgan fingerprint density at radius 1 is 1.22 bits per heavy atom. The van der Waals surface area contributed by atoms with Crippen LogP contribution < -0.4 is 10.2 Å². The number of carbonyl (C=O) groups is 1. The lowest BCUT2D eigenvalue weighted by Crippen LogP contribution is -2.47. The minimum Gasteiger partial charge on any atom is -0.354 e. The first-order chi connectivity index (χ1) is 13.2. The summed E-state index contributed by atoms with van der Waals surface area (Å²) in [7, 11) is 0. The molecule has 2 heterocycles. The van der Waals surface area contributed by atoms with E-state index in [1.165, 1.54) is 41.7 Å². The first-order valence-electron chi connectivity index (χ1n) is 10.2. The van der Waals surface area contributed by atoms with E-state index in [0.29, 0.717) is 0 Å². The second-order valence-corrected chi connectivity index (χ2v) is 9.19. The normalized spacial score (nSPS) is 27.0. The standard InChI is InChI=1S/C21H30N4OS/c1-21(22-16-26)9-6-17(7-10-21)8-11-24-12-14-25(15-13-24)20-18-4-2-3-5-19(18)27-23-20/h2-5,16-17H,6-15H2,1H3,(H,22,26). The molecule has 5 nitrogen and oxygen atoms in total. The molecule has 0 bridgehead atoms. The van der Waals surface area contributed by atoms with Crippen LogP contribution in [0.15, 0.2) is 24.3 Å². The number of hydrogen-bond donors (Lipinski definition) is 1. The molecule has 27 heavy (non-hydrogen) atoms. The summed E-state index contributed by atoms with van der Waals surface area (Å²) in [6.45, 7) is 7.78. The van der Waals surface area contributed by atoms with Crippen LogP contribution in [0.1, 0.15) is 39.0 Å². The number of nitrogens with one attached hydrogen (secondary N) is 1. The van der Waals surface area contributed by atoms with Crippen molar-refractivity contribution in [3.8, 4) is 0 Å². The Morgan fingerprint density at radius 2 is 1.96 bits per heavy atom. The molecule has 0 radical (unpaired) electrons. The van der Waals surface area contributed by atoms with Crippen molar-refractivity contribution < 1.29 is 4.79 Å². The molecule has 1 aliphatic heterocycles. The molecule has 1 saturated heterocycles. The summed E-state index contributed by atoms with van der Waals surface area (Å²) in [6.07, 6.45) is 6.86. The summed E-state index contributed by atoms with van der Waals surface area (Å²) in [5.74, 6) is 1.98. The average Bonchev–Trinajstić information content (AvgIpc) is 3.12. The smallest absolute Gasteiger partial charge is 0.207 e. The van der Waals surface area contributed by atoms with Gasteiger partial charge in [-0.3, -0.25) is 9.69 Å². The van der Waals surface area contributed by atoms with E-state index in [-0.39, 0.29) is 5.54 Å². The number of hydrogen-bond acceptors (Lipinski definition) is 5. The highest BCUT2D eigenvalue weighted by Crippen LogP contribution is 2.34. The third-order valence-electron chi connectivity index (χ3n) is 6.50. The number of piperazine rings is 1. The van der Waals surface area contributed by atoms with Gasteiger partial charge in [0.1, 0.15) is 5.82 Å². The molecule has 0 atom stereocenters. The molecule has 6 heteroatoms. The van der Waals surface area contributed by atoms with Gasteiger partial charge in [-0.2, -0.15) is 4.37 Å². The van der Waals surface area contributed by atoms with E-state index in [2.05, 4.69) is 46.3 Å². The van der Waals surface area contributed by atoms with Crippen LogP contribution in [0.3, 0.4) is 0 Å². The molecule has 1 amide bonds. The van der Waals surface area contributed by atoms with Gasteiger partial charge in [0.15, 0.2) is 0 Å². The quantitative estimate of drug-likeness (QED) is 0.772. The highest BCUT2D eigenvalue weighted by molar-refractivity contribution is 7.13. The van der Waals surface area contributed by atoms with Crippen molar-refractivity contribution in [3.63, 3.8) is 0 Å². The maximum atomic E-state index is 10.8. The number of anilines is 1. The van der Waals surface area contributed by atoms with Crippen molar-refractivity contribution in [2.75, 3.05) is 37.6 Å². The fourth-order valence-corrected chi connectivity index (χ4v) is 5.33. The highest BCUT2D eigenvalue weighted by Gasteiger charge is 2.30. The first-order valence-corrected chi connectivity index (χ1v) is 11.0. The SMILES string of the molecule is CC1(NC=O)CCC(CCN2CCN(c3nsc4ccccc34)CC2)CC1. The summed E-state index contributed by atoms with van der Waals surface area (Å²) >= 11 is 1.61. The Balaban J connectivity index is 1.23. The van der Waals surface area contributed by atoms with Crippen molar-refractivity contribution in [3.05, 3.63) is 24.3 Å². The Kier molecular flexibility index (Phi) is 5.64. The number of nitrogens with zero attached hydrogens (tertiary/aromatic N) is 3. The van der Waals surface area contributed by atoms with E-state index in [4.69, 9.17) is 4.37 Å². The first kappa shape index (κ1) is 18.7. The Bertz CT molecular complexity index is 760. The Labute approximate surface area is 165 Å². The third kappa shape index (κ3) is 4.27. The van der Waals surface area contributed by atoms with Crippen LogP contribution >= 0.6 is 11.5 Å². The van der Waals surface area contributed by atoms with Gasteiger partial charge in [0, 0.05) is 37.1 Å². The molecule has 1 aromatic carbocycles. The summed E-state index contributed by atoms with van der Waals surface area (Å²) in [4.78, 5) is 15.8. The van der Waals surface area contributed by atoms with Gasteiger partial charge in [-0.25, -0.2) is 0 Å². The summed E-state index contributed by atoms with van der Waals surface area (Å²) < 4.78 is 5.99. The van der Waals surface area contributed by atoms with Crippen molar-refractivity contribution >= 4 is 33.8 Å². The monoisotopic (exact) mass is 386 g/mol. The average molecular weight is 387 g/mol. The minimum absolute atomic E-state index is 0.0280. The molecular formula is C21H30N4OS. The van der Waals surface area contributed by atoms with Gasteiger partial charge in [0.25, 0.3) is 0 Å². The highest BCUT2D eigenvalue weighted by atomic mass is 32.1. The number of fused-ring (bicyclic) bond motifs is 1. The van der Waals surface area contributed by atoms with E-state index in [1.54, 1.807) is 11.5 Å². The second kappa shape index (κ2) is 8.15. The second-order valence-electron chi connectivity index (χ2n) is 8.39. The van der Waals surface area contributed by atoms with Gasteiger partial charge in [-0.15, -0.1) is 0 Å². The summed E-state index contributed by atoms with van der Waals surface area (Å²) in [6, 6.07) is 8.55. The Hall–Kier alpha value is -1.66. The molecule has 2 aromatic rings. The van der Waals surface area contributed by atoms with Gasteiger partial charge in [-0.1, -0.05) is 12.1 Å². The third-order valence-corrected chi connectivity index (χ3v) is 7.32. The largest absolute Gasteiger partial charge is 0.354 e. The molecule has 1 N–H and O–H groups in total. The Morgan fingerprint density at radius 3 is 2.70 bits per heavy atom. The predicted octanol–water partition coefficient (Wildman–Crippen LogP) is 3.50. The fraction of sp³-hybridized carbons (Fsp3) is 0.619. The zero-order chi connectivity index (χ0) is 18.7. The zero-order valence-corrected chi connectivity index (χ0v) is 17.0. The van der Waals surface area contributed by atoms with Gasteiger partial charge in [-0.05, 0) is 75.2 Å². The van der Waals surface area contributed by atoms with Crippen LogP contribution in [0.5, 0.6) is 0 Å². The number of benzene rings is 1. The van der Waals surface area contributed by atoms with E-state index in [9.17, 15) is 4.79 Å². The van der Waals surface area contributed by atoms with Crippen LogP contribution in [0.2, 0.25) is 0 Å². The van der Waals surface area contributed by atoms with Crippen LogP contribution in [-0.2, 0) is 4.79 Å². The van der Waals surface area contributed by atoms with Crippen LogP contribution in [-0.4, -0.2) is 53.9 Å². The molecule has 2 fully saturated rings. The van der Waals surface area contributed by atoms with Crippen LogP contribution in [0.25, 0.3) is 10.1 Å². The fourth-order valence-electron chi connectivity index (χ4n) is 4.54. The maximum Gasteiger partial charge on any atom is 0.207 e.